The first-order valence-electron chi connectivity index (χ1n) is 12.2. The van der Waals surface area contributed by atoms with Crippen molar-refractivity contribution in [2.24, 2.45) is 0 Å². The summed E-state index contributed by atoms with van der Waals surface area (Å²) < 4.78 is 7.47. The number of oxazole rings is 1. The Morgan fingerprint density at radius 3 is 2.65 bits per heavy atom. The van der Waals surface area contributed by atoms with Crippen LogP contribution in [0.15, 0.2) is 90.5 Å². The molecule has 9 nitrogen and oxygen atoms in total. The molecule has 2 N–H and O–H groups in total. The number of anilines is 1. The predicted octanol–water partition coefficient (Wildman–Crippen LogP) is 5.20. The summed E-state index contributed by atoms with van der Waals surface area (Å²) in [6, 6.07) is 10.1. The highest BCUT2D eigenvalue weighted by molar-refractivity contribution is 5.80. The lowest BCUT2D eigenvalue weighted by Gasteiger charge is -2.32. The van der Waals surface area contributed by atoms with Crippen molar-refractivity contribution in [1.29, 1.82) is 0 Å². The number of carbonyl (C=O) groups excluding carboxylic acids is 1. The van der Waals surface area contributed by atoms with Crippen LogP contribution in [0.4, 0.5) is 10.7 Å². The Hall–Kier alpha value is -4.66. The molecule has 37 heavy (non-hydrogen) atoms. The Kier molecular flexibility index (Phi) is 6.85. The number of aryl methyl sites for hydroxylation is 1. The molecule has 1 saturated heterocycles. The SMILES string of the molecule is C=C/C=C(\C=C)NC(=O)N1CCC(Nc2nccc(-c3c(-c4ccc(C)cc4)nc4occn34)n2)CC1. The molecule has 188 valence electrons. The number of hydrogen-bond donors (Lipinski definition) is 2. The van der Waals surface area contributed by atoms with Gasteiger partial charge in [-0.3, -0.25) is 4.40 Å². The quantitative estimate of drug-likeness (QED) is 0.342. The zero-order valence-corrected chi connectivity index (χ0v) is 20.7. The summed E-state index contributed by atoms with van der Waals surface area (Å²) >= 11 is 0. The van der Waals surface area contributed by atoms with E-state index in [1.807, 2.05) is 16.7 Å². The molecule has 1 fully saturated rings. The molecule has 2 amide bonds. The normalized spacial score (nSPS) is 14.5. The number of aromatic nitrogens is 4. The van der Waals surface area contributed by atoms with Crippen molar-refractivity contribution in [3.8, 4) is 22.6 Å². The number of fused-ring (bicyclic) bond motifs is 1. The van der Waals surface area contributed by atoms with E-state index in [-0.39, 0.29) is 12.1 Å². The number of benzene rings is 1. The third kappa shape index (κ3) is 5.16. The van der Waals surface area contributed by atoms with E-state index < -0.39 is 0 Å². The minimum atomic E-state index is -0.141. The molecule has 3 aromatic heterocycles. The maximum atomic E-state index is 12.6. The first kappa shape index (κ1) is 24.1. The maximum Gasteiger partial charge on any atom is 0.321 e. The molecule has 0 unspecified atom stereocenters. The van der Waals surface area contributed by atoms with Crippen molar-refractivity contribution in [1.82, 2.24) is 29.6 Å². The van der Waals surface area contributed by atoms with Crippen molar-refractivity contribution in [3.05, 3.63) is 91.6 Å². The first-order chi connectivity index (χ1) is 18.1. The molecule has 0 saturated carbocycles. The van der Waals surface area contributed by atoms with Crippen molar-refractivity contribution >= 4 is 17.8 Å². The lowest BCUT2D eigenvalue weighted by Crippen LogP contribution is -2.46. The van der Waals surface area contributed by atoms with Gasteiger partial charge in [-0.05, 0) is 38.0 Å². The summed E-state index contributed by atoms with van der Waals surface area (Å²) in [5.41, 5.74) is 5.18. The number of allylic oxidation sites excluding steroid dienone is 3. The van der Waals surface area contributed by atoms with Crippen LogP contribution in [0.25, 0.3) is 28.5 Å². The number of hydrogen-bond acceptors (Lipinski definition) is 6. The number of urea groups is 1. The lowest BCUT2D eigenvalue weighted by molar-refractivity contribution is 0.186. The number of likely N-dealkylation sites (tertiary alicyclic amines) is 1. The zero-order valence-electron chi connectivity index (χ0n) is 20.7. The molecule has 9 heteroatoms. The zero-order chi connectivity index (χ0) is 25.8. The highest BCUT2D eigenvalue weighted by atomic mass is 16.3. The van der Waals surface area contributed by atoms with Crippen LogP contribution in [0.1, 0.15) is 18.4 Å². The average molecular weight is 496 g/mol. The van der Waals surface area contributed by atoms with Crippen LogP contribution < -0.4 is 10.6 Å². The van der Waals surface area contributed by atoms with Crippen molar-refractivity contribution in [2.45, 2.75) is 25.8 Å². The van der Waals surface area contributed by atoms with Gasteiger partial charge in [-0.1, -0.05) is 49.1 Å². The van der Waals surface area contributed by atoms with Crippen molar-refractivity contribution < 1.29 is 9.21 Å². The monoisotopic (exact) mass is 495 g/mol. The summed E-state index contributed by atoms with van der Waals surface area (Å²) in [6.07, 6.45) is 11.7. The minimum Gasteiger partial charge on any atom is -0.432 e. The van der Waals surface area contributed by atoms with E-state index in [4.69, 9.17) is 14.4 Å². The van der Waals surface area contributed by atoms with E-state index in [1.165, 1.54) is 5.56 Å². The van der Waals surface area contributed by atoms with Gasteiger partial charge < -0.3 is 20.0 Å². The molecule has 4 heterocycles. The highest BCUT2D eigenvalue weighted by Gasteiger charge is 2.24. The Labute approximate surface area is 215 Å². The van der Waals surface area contributed by atoms with Crippen molar-refractivity contribution in [2.75, 3.05) is 18.4 Å². The van der Waals surface area contributed by atoms with Crippen LogP contribution in [-0.4, -0.2) is 49.4 Å². The van der Waals surface area contributed by atoms with Crippen LogP contribution in [-0.2, 0) is 0 Å². The number of nitrogens with zero attached hydrogens (tertiary/aromatic N) is 5. The van der Waals surface area contributed by atoms with Crippen LogP contribution in [0.2, 0.25) is 0 Å². The van der Waals surface area contributed by atoms with Gasteiger partial charge in [0, 0.05) is 42.8 Å². The van der Waals surface area contributed by atoms with Gasteiger partial charge in [0.15, 0.2) is 0 Å². The Bertz CT molecular complexity index is 1460. The largest absolute Gasteiger partial charge is 0.432 e. The van der Waals surface area contributed by atoms with Crippen LogP contribution >= 0.6 is 0 Å². The second-order valence-electron chi connectivity index (χ2n) is 8.89. The van der Waals surface area contributed by atoms with E-state index in [0.717, 1.165) is 35.5 Å². The summed E-state index contributed by atoms with van der Waals surface area (Å²) in [7, 11) is 0. The molecule has 1 aliphatic rings. The van der Waals surface area contributed by atoms with Crippen LogP contribution in [0.5, 0.6) is 0 Å². The third-order valence-corrected chi connectivity index (χ3v) is 6.37. The van der Waals surface area contributed by atoms with Gasteiger partial charge >= 0.3 is 11.9 Å². The first-order valence-corrected chi connectivity index (χ1v) is 12.2. The highest BCUT2D eigenvalue weighted by Crippen LogP contribution is 2.32. The van der Waals surface area contributed by atoms with E-state index in [9.17, 15) is 4.79 Å². The van der Waals surface area contributed by atoms with E-state index in [2.05, 4.69) is 60.0 Å². The number of carbonyl (C=O) groups is 1. The molecule has 1 aromatic carbocycles. The van der Waals surface area contributed by atoms with Gasteiger partial charge in [-0.2, -0.15) is 4.98 Å². The fourth-order valence-corrected chi connectivity index (χ4v) is 4.40. The fourth-order valence-electron chi connectivity index (χ4n) is 4.40. The Balaban J connectivity index is 1.31. The number of amides is 2. The van der Waals surface area contributed by atoms with Gasteiger partial charge in [0.25, 0.3) is 0 Å². The summed E-state index contributed by atoms with van der Waals surface area (Å²) in [4.78, 5) is 28.4. The standard InChI is InChI=1S/C28H29N7O2/c1-4-6-21(5-2)31-27(36)34-15-12-22(13-16-34)30-26-29-14-11-23(32-26)25-24(20-9-7-19(3)8-10-20)33-28-35(25)17-18-37-28/h4-11,14,17-18,22H,1-2,12-13,15-16H2,3H3,(H,31,36)(H,29,30,32)/b21-6+. The second-order valence-corrected chi connectivity index (χ2v) is 8.89. The molecular formula is C28H29N7O2. The number of rotatable bonds is 7. The van der Waals surface area contributed by atoms with E-state index >= 15 is 0 Å². The average Bonchev–Trinajstić information content (AvgIpc) is 3.51. The van der Waals surface area contributed by atoms with Gasteiger partial charge in [0.05, 0.1) is 5.69 Å². The molecule has 4 aromatic rings. The second kappa shape index (κ2) is 10.5. The molecular weight excluding hydrogens is 466 g/mol. The molecule has 5 rings (SSSR count). The fraction of sp³-hybridized carbons (Fsp3) is 0.214. The number of piperidine rings is 1. The molecule has 0 aliphatic carbocycles. The molecule has 0 atom stereocenters. The van der Waals surface area contributed by atoms with Gasteiger partial charge in [0.1, 0.15) is 17.7 Å². The Morgan fingerprint density at radius 2 is 1.92 bits per heavy atom. The van der Waals surface area contributed by atoms with Gasteiger partial charge in [-0.25, -0.2) is 14.8 Å². The van der Waals surface area contributed by atoms with Gasteiger partial charge in [0.2, 0.25) is 5.95 Å². The summed E-state index contributed by atoms with van der Waals surface area (Å²) in [6.45, 7) is 10.7. The smallest absolute Gasteiger partial charge is 0.321 e. The minimum absolute atomic E-state index is 0.141. The van der Waals surface area contributed by atoms with Crippen LogP contribution in [0, 0.1) is 6.92 Å². The van der Waals surface area contributed by atoms with E-state index in [1.54, 1.807) is 35.6 Å². The number of nitrogens with one attached hydrogen (secondary N) is 2. The third-order valence-electron chi connectivity index (χ3n) is 6.37. The molecule has 0 spiro atoms. The van der Waals surface area contributed by atoms with Gasteiger partial charge in [-0.15, -0.1) is 0 Å². The number of imidazole rings is 1. The Morgan fingerprint density at radius 1 is 1.14 bits per heavy atom. The summed E-state index contributed by atoms with van der Waals surface area (Å²) in [5, 5.41) is 6.31. The van der Waals surface area contributed by atoms with E-state index in [0.29, 0.717) is 30.6 Å². The lowest BCUT2D eigenvalue weighted by atomic mass is 10.1. The molecule has 1 aliphatic heterocycles. The topological polar surface area (TPSA) is 101 Å². The maximum absolute atomic E-state index is 12.6. The molecule has 0 radical (unpaired) electrons. The van der Waals surface area contributed by atoms with Crippen molar-refractivity contribution in [3.63, 3.8) is 0 Å². The van der Waals surface area contributed by atoms with Crippen LogP contribution in [0.3, 0.4) is 0 Å². The summed E-state index contributed by atoms with van der Waals surface area (Å²) in [5.74, 6) is 1.04. The predicted molar refractivity (Wildman–Crippen MR) is 144 cm³/mol. The molecule has 0 bridgehead atoms.